The topological polar surface area (TPSA) is 56.8 Å². The van der Waals surface area contributed by atoms with Crippen molar-refractivity contribution in [1.82, 2.24) is 5.32 Å². The molecule has 0 fully saturated rings. The van der Waals surface area contributed by atoms with Gasteiger partial charge in [0.25, 0.3) is 0 Å². The Morgan fingerprint density at radius 2 is 2.00 bits per heavy atom. The highest BCUT2D eigenvalue weighted by Gasteiger charge is 1.99. The van der Waals surface area contributed by atoms with Crippen molar-refractivity contribution in [2.45, 2.75) is 13.3 Å². The Balaban J connectivity index is 3.06. The minimum atomic E-state index is -0.214. The normalized spacial score (nSPS) is 10.3. The molecule has 0 saturated heterocycles. The predicted molar refractivity (Wildman–Crippen MR) is 56.8 cm³/mol. The Bertz CT molecular complexity index is 152. The molecule has 0 saturated carbocycles. The summed E-state index contributed by atoms with van der Waals surface area (Å²) < 4.78 is 15.0. The Hall–Kier alpha value is -0.650. The summed E-state index contributed by atoms with van der Waals surface area (Å²) in [4.78, 5) is 11.0. The first-order chi connectivity index (χ1) is 7.31. The number of carbonyl (C=O) groups is 1. The maximum atomic E-state index is 11.0. The van der Waals surface area contributed by atoms with Crippen LogP contribution in [-0.4, -0.2) is 52.6 Å². The molecule has 15 heavy (non-hydrogen) atoms. The van der Waals surface area contributed by atoms with Gasteiger partial charge in [0.2, 0.25) is 0 Å². The number of esters is 1. The minimum absolute atomic E-state index is 0.214. The highest BCUT2D eigenvalue weighted by molar-refractivity contribution is 5.71. The van der Waals surface area contributed by atoms with Crippen LogP contribution in [0.25, 0.3) is 0 Å². The van der Waals surface area contributed by atoms with Gasteiger partial charge in [-0.05, 0) is 6.54 Å². The Morgan fingerprint density at radius 3 is 2.67 bits per heavy atom. The Morgan fingerprint density at radius 1 is 1.20 bits per heavy atom. The van der Waals surface area contributed by atoms with Gasteiger partial charge in [0.05, 0.1) is 26.4 Å². The van der Waals surface area contributed by atoms with E-state index in [2.05, 4.69) is 5.32 Å². The molecule has 0 spiro atoms. The molecular weight excluding hydrogens is 198 g/mol. The van der Waals surface area contributed by atoms with E-state index in [-0.39, 0.29) is 12.5 Å². The summed E-state index contributed by atoms with van der Waals surface area (Å²) in [7, 11) is 1.63. The third-order valence-electron chi connectivity index (χ3n) is 1.65. The van der Waals surface area contributed by atoms with Crippen LogP contribution in [0.15, 0.2) is 0 Å². The van der Waals surface area contributed by atoms with Gasteiger partial charge in [-0.15, -0.1) is 0 Å². The molecule has 0 radical (unpaired) electrons. The number of ether oxygens (including phenoxy) is 3. The van der Waals surface area contributed by atoms with Crippen LogP contribution in [0, 0.1) is 0 Å². The second kappa shape index (κ2) is 11.4. The molecule has 0 aromatic rings. The average Bonchev–Trinajstić information content (AvgIpc) is 2.25. The van der Waals surface area contributed by atoms with Crippen LogP contribution in [0.4, 0.5) is 0 Å². The van der Waals surface area contributed by atoms with Crippen LogP contribution >= 0.6 is 0 Å². The van der Waals surface area contributed by atoms with E-state index in [1.54, 1.807) is 7.11 Å². The third-order valence-corrected chi connectivity index (χ3v) is 1.65. The van der Waals surface area contributed by atoms with Crippen LogP contribution in [0.1, 0.15) is 13.3 Å². The summed E-state index contributed by atoms with van der Waals surface area (Å²) in [6.45, 7) is 5.18. The van der Waals surface area contributed by atoms with Crippen molar-refractivity contribution < 1.29 is 19.0 Å². The minimum Gasteiger partial charge on any atom is -0.465 e. The van der Waals surface area contributed by atoms with Crippen LogP contribution in [0.2, 0.25) is 0 Å². The lowest BCUT2D eigenvalue weighted by molar-refractivity contribution is -0.142. The van der Waals surface area contributed by atoms with Crippen molar-refractivity contribution in [3.05, 3.63) is 0 Å². The quantitative estimate of drug-likeness (QED) is 0.420. The molecule has 0 aliphatic rings. The van der Waals surface area contributed by atoms with Gasteiger partial charge in [-0.1, -0.05) is 6.92 Å². The number of rotatable bonds is 10. The summed E-state index contributed by atoms with van der Waals surface area (Å²) in [6.07, 6.45) is 0.724. The lowest BCUT2D eigenvalue weighted by Crippen LogP contribution is -2.24. The summed E-state index contributed by atoms with van der Waals surface area (Å²) in [5, 5.41) is 2.89. The fourth-order valence-electron chi connectivity index (χ4n) is 0.869. The monoisotopic (exact) mass is 219 g/mol. The van der Waals surface area contributed by atoms with Gasteiger partial charge in [-0.2, -0.15) is 0 Å². The van der Waals surface area contributed by atoms with Crippen molar-refractivity contribution in [2.75, 3.05) is 46.6 Å². The van der Waals surface area contributed by atoms with Gasteiger partial charge >= 0.3 is 5.97 Å². The molecule has 0 aliphatic heterocycles. The van der Waals surface area contributed by atoms with E-state index >= 15 is 0 Å². The Kier molecular flexibility index (Phi) is 10.9. The third kappa shape index (κ3) is 11.3. The molecule has 0 bridgehead atoms. The number of methoxy groups -OCH3 is 1. The molecule has 0 heterocycles. The van der Waals surface area contributed by atoms with Crippen molar-refractivity contribution in [1.29, 1.82) is 0 Å². The predicted octanol–water partition coefficient (Wildman–Crippen LogP) is 0.192. The molecule has 0 aromatic heterocycles. The number of carbonyl (C=O) groups excluding carboxylic acids is 1. The molecule has 0 rings (SSSR count). The lowest BCUT2D eigenvalue weighted by atomic mass is 10.5. The summed E-state index contributed by atoms with van der Waals surface area (Å²) >= 11 is 0. The first-order valence-electron chi connectivity index (χ1n) is 5.24. The average molecular weight is 219 g/mol. The molecule has 0 aliphatic carbocycles. The molecular formula is C10H21NO4. The van der Waals surface area contributed by atoms with E-state index < -0.39 is 0 Å². The maximum Gasteiger partial charge on any atom is 0.319 e. The number of likely N-dealkylation sites (N-methyl/N-ethyl adjacent to an activating group) is 1. The molecule has 0 unspecified atom stereocenters. The fraction of sp³-hybridized carbons (Fsp3) is 0.900. The standard InChI is InChI=1S/C10H21NO4/c1-3-11-9-10(12)15-6-4-5-14-8-7-13-2/h11H,3-9H2,1-2H3. The zero-order valence-corrected chi connectivity index (χ0v) is 9.58. The largest absolute Gasteiger partial charge is 0.465 e. The Labute approximate surface area is 91.1 Å². The van der Waals surface area contributed by atoms with E-state index in [1.165, 1.54) is 0 Å². The summed E-state index contributed by atoms with van der Waals surface area (Å²) in [6, 6.07) is 0. The highest BCUT2D eigenvalue weighted by Crippen LogP contribution is 1.86. The molecule has 0 atom stereocenters. The smallest absolute Gasteiger partial charge is 0.319 e. The zero-order chi connectivity index (χ0) is 11.4. The second-order valence-electron chi connectivity index (χ2n) is 2.96. The summed E-state index contributed by atoms with van der Waals surface area (Å²) in [5.41, 5.74) is 0. The van der Waals surface area contributed by atoms with Crippen LogP contribution in [-0.2, 0) is 19.0 Å². The molecule has 0 aromatic carbocycles. The molecule has 5 heteroatoms. The molecule has 0 amide bonds. The van der Waals surface area contributed by atoms with Crippen LogP contribution in [0.3, 0.4) is 0 Å². The lowest BCUT2D eigenvalue weighted by Gasteiger charge is -2.05. The van der Waals surface area contributed by atoms with Crippen LogP contribution in [0.5, 0.6) is 0 Å². The number of nitrogens with one attached hydrogen (secondary N) is 1. The number of hydrogen-bond donors (Lipinski definition) is 1. The van der Waals surface area contributed by atoms with E-state index in [9.17, 15) is 4.79 Å². The SMILES string of the molecule is CCNCC(=O)OCCCOCCOC. The van der Waals surface area contributed by atoms with E-state index in [0.717, 1.165) is 13.0 Å². The van der Waals surface area contributed by atoms with Gasteiger partial charge in [0.15, 0.2) is 0 Å². The molecule has 90 valence electrons. The maximum absolute atomic E-state index is 11.0. The second-order valence-corrected chi connectivity index (χ2v) is 2.96. The van der Waals surface area contributed by atoms with Gasteiger partial charge in [-0.3, -0.25) is 4.79 Å². The van der Waals surface area contributed by atoms with Gasteiger partial charge in [0.1, 0.15) is 0 Å². The zero-order valence-electron chi connectivity index (χ0n) is 9.58. The molecule has 1 N–H and O–H groups in total. The van der Waals surface area contributed by atoms with Gasteiger partial charge in [-0.25, -0.2) is 0 Å². The first kappa shape index (κ1) is 14.3. The molecule has 5 nitrogen and oxygen atoms in total. The first-order valence-corrected chi connectivity index (χ1v) is 5.24. The van der Waals surface area contributed by atoms with Crippen molar-refractivity contribution >= 4 is 5.97 Å². The van der Waals surface area contributed by atoms with Gasteiger partial charge in [0, 0.05) is 20.1 Å². The summed E-state index contributed by atoms with van der Waals surface area (Å²) in [5.74, 6) is -0.214. The van der Waals surface area contributed by atoms with Crippen LogP contribution < -0.4 is 5.32 Å². The van der Waals surface area contributed by atoms with E-state index in [1.807, 2.05) is 6.92 Å². The van der Waals surface area contributed by atoms with Gasteiger partial charge < -0.3 is 19.5 Å². The van der Waals surface area contributed by atoms with E-state index in [0.29, 0.717) is 26.4 Å². The van der Waals surface area contributed by atoms with Crippen molar-refractivity contribution in [3.63, 3.8) is 0 Å². The van der Waals surface area contributed by atoms with Crippen molar-refractivity contribution in [3.8, 4) is 0 Å². The number of hydrogen-bond acceptors (Lipinski definition) is 5. The fourth-order valence-corrected chi connectivity index (χ4v) is 0.869. The van der Waals surface area contributed by atoms with E-state index in [4.69, 9.17) is 14.2 Å². The van der Waals surface area contributed by atoms with Crippen molar-refractivity contribution in [2.24, 2.45) is 0 Å². The highest BCUT2D eigenvalue weighted by atomic mass is 16.5.